The molecule has 2 aromatic carbocycles. The van der Waals surface area contributed by atoms with Crippen molar-refractivity contribution in [2.24, 2.45) is 0 Å². The van der Waals surface area contributed by atoms with Crippen molar-refractivity contribution in [3.63, 3.8) is 0 Å². The summed E-state index contributed by atoms with van der Waals surface area (Å²) in [6, 6.07) is 11.2. The Morgan fingerprint density at radius 1 is 0.923 bits per heavy atom. The molecule has 0 spiro atoms. The van der Waals surface area contributed by atoms with E-state index in [4.69, 9.17) is 0 Å². The Morgan fingerprint density at radius 2 is 1.62 bits per heavy atom. The predicted octanol–water partition coefficient (Wildman–Crippen LogP) is 5.21. The number of piperidine rings is 1. The minimum Gasteiger partial charge on any atom is -0.368 e. The van der Waals surface area contributed by atoms with Gasteiger partial charge in [0.2, 0.25) is 5.91 Å². The normalized spacial score (nSPS) is 17.0. The van der Waals surface area contributed by atoms with Crippen molar-refractivity contribution in [3.8, 4) is 0 Å². The van der Waals surface area contributed by atoms with E-state index in [1.165, 1.54) is 29.5 Å². The van der Waals surface area contributed by atoms with Gasteiger partial charge < -0.3 is 14.7 Å². The van der Waals surface area contributed by atoms with Crippen molar-refractivity contribution in [1.82, 2.24) is 14.8 Å². The highest BCUT2D eigenvalue weighted by Crippen LogP contribution is 2.33. The number of likely N-dealkylation sites (tertiary alicyclic amines) is 1. The number of rotatable bonds is 5. The molecule has 3 heterocycles. The zero-order chi connectivity index (χ0) is 27.6. The van der Waals surface area contributed by atoms with Gasteiger partial charge >= 0.3 is 6.18 Å². The van der Waals surface area contributed by atoms with Gasteiger partial charge in [-0.2, -0.15) is 13.2 Å². The van der Waals surface area contributed by atoms with E-state index in [-0.39, 0.29) is 30.0 Å². The molecule has 11 heteroatoms. The molecule has 0 aliphatic carbocycles. The van der Waals surface area contributed by atoms with Crippen LogP contribution < -0.4 is 4.90 Å². The lowest BCUT2D eigenvalue weighted by Crippen LogP contribution is -2.49. The van der Waals surface area contributed by atoms with E-state index in [1.807, 2.05) is 9.80 Å². The zero-order valence-electron chi connectivity index (χ0n) is 21.2. The minimum absolute atomic E-state index is 0.0133. The molecule has 2 fully saturated rings. The minimum atomic E-state index is -4.40. The number of carbonyl (C=O) groups excluding carboxylic acids is 2. The van der Waals surface area contributed by atoms with Gasteiger partial charge in [0, 0.05) is 56.3 Å². The molecule has 2 aliphatic heterocycles. The van der Waals surface area contributed by atoms with Crippen LogP contribution in [-0.2, 0) is 17.4 Å². The summed E-state index contributed by atoms with van der Waals surface area (Å²) in [7, 11) is 0. The average molecular weight is 561 g/mol. The van der Waals surface area contributed by atoms with Crippen molar-refractivity contribution in [2.75, 3.05) is 44.2 Å². The largest absolute Gasteiger partial charge is 0.416 e. The van der Waals surface area contributed by atoms with Gasteiger partial charge in [0.15, 0.2) is 0 Å². The molecular weight excluding hydrogens is 532 g/mol. The number of carbonyl (C=O) groups is 2. The van der Waals surface area contributed by atoms with Crippen molar-refractivity contribution < 1.29 is 27.2 Å². The van der Waals surface area contributed by atoms with Crippen LogP contribution in [0.25, 0.3) is 0 Å². The number of hydrogen-bond acceptors (Lipinski definition) is 5. The Labute approximate surface area is 227 Å². The first-order valence-electron chi connectivity index (χ1n) is 12.9. The second kappa shape index (κ2) is 11.3. The number of halogens is 4. The van der Waals surface area contributed by atoms with Crippen molar-refractivity contribution in [2.45, 2.75) is 31.4 Å². The first kappa shape index (κ1) is 27.1. The van der Waals surface area contributed by atoms with Crippen LogP contribution >= 0.6 is 11.3 Å². The Balaban J connectivity index is 1.12. The SMILES string of the molecule is O=C(Cc1ccc(F)cc1)N1CCC(c2nc(C(=O)N3CCN(c4cccc(C(F)(F)F)c4)CC3)cs2)CC1. The molecule has 2 amide bonds. The smallest absolute Gasteiger partial charge is 0.368 e. The highest BCUT2D eigenvalue weighted by atomic mass is 32.1. The van der Waals surface area contributed by atoms with Crippen molar-refractivity contribution >= 4 is 28.8 Å². The summed E-state index contributed by atoms with van der Waals surface area (Å²) in [6.45, 7) is 2.88. The van der Waals surface area contributed by atoms with Crippen LogP contribution in [0.15, 0.2) is 53.9 Å². The van der Waals surface area contributed by atoms with Gasteiger partial charge in [0.05, 0.1) is 17.0 Å². The maximum absolute atomic E-state index is 13.1. The van der Waals surface area contributed by atoms with Gasteiger partial charge in [0.1, 0.15) is 11.5 Å². The van der Waals surface area contributed by atoms with Gasteiger partial charge in [-0.1, -0.05) is 18.2 Å². The molecule has 6 nitrogen and oxygen atoms in total. The maximum atomic E-state index is 13.1. The molecule has 2 saturated heterocycles. The van der Waals surface area contributed by atoms with Gasteiger partial charge in [-0.05, 0) is 48.7 Å². The Kier molecular flexibility index (Phi) is 7.88. The summed E-state index contributed by atoms with van der Waals surface area (Å²) in [5.41, 5.74) is 0.978. The summed E-state index contributed by atoms with van der Waals surface area (Å²) < 4.78 is 52.3. The number of hydrogen-bond donors (Lipinski definition) is 0. The van der Waals surface area contributed by atoms with Crippen LogP contribution in [0.5, 0.6) is 0 Å². The van der Waals surface area contributed by atoms with E-state index in [2.05, 4.69) is 4.98 Å². The fourth-order valence-electron chi connectivity index (χ4n) is 5.05. The fraction of sp³-hybridized carbons (Fsp3) is 0.393. The number of benzene rings is 2. The predicted molar refractivity (Wildman–Crippen MR) is 140 cm³/mol. The molecule has 0 N–H and O–H groups in total. The maximum Gasteiger partial charge on any atom is 0.416 e. The van der Waals surface area contributed by atoms with Crippen LogP contribution in [0.3, 0.4) is 0 Å². The molecule has 0 radical (unpaired) electrons. The lowest BCUT2D eigenvalue weighted by molar-refractivity contribution is -0.137. The third-order valence-electron chi connectivity index (χ3n) is 7.31. The molecule has 39 heavy (non-hydrogen) atoms. The number of thiazole rings is 1. The standard InChI is InChI=1S/C28H28F4N4O2S/c29-22-6-4-19(5-7-22)16-25(37)35-10-8-20(9-11-35)26-33-24(18-39-26)27(38)36-14-12-34(13-15-36)23-3-1-2-21(17-23)28(30,31)32/h1-7,17-18,20H,8-16H2. The van der Waals surface area contributed by atoms with E-state index >= 15 is 0 Å². The molecule has 206 valence electrons. The van der Waals surface area contributed by atoms with E-state index in [0.717, 1.165) is 35.5 Å². The molecule has 3 aromatic rings. The Hall–Kier alpha value is -3.47. The zero-order valence-corrected chi connectivity index (χ0v) is 22.0. The molecule has 0 atom stereocenters. The lowest BCUT2D eigenvalue weighted by atomic mass is 9.97. The number of alkyl halides is 3. The summed E-state index contributed by atoms with van der Waals surface area (Å²) in [6.07, 6.45) is -2.65. The molecule has 0 unspecified atom stereocenters. The van der Waals surface area contributed by atoms with Gasteiger partial charge in [-0.25, -0.2) is 9.37 Å². The first-order chi connectivity index (χ1) is 18.7. The molecular formula is C28H28F4N4O2S. The summed E-state index contributed by atoms with van der Waals surface area (Å²) >= 11 is 1.45. The molecule has 0 saturated carbocycles. The van der Waals surface area contributed by atoms with Crippen LogP contribution in [0.1, 0.15) is 45.4 Å². The van der Waals surface area contributed by atoms with Crippen molar-refractivity contribution in [1.29, 1.82) is 0 Å². The highest BCUT2D eigenvalue weighted by molar-refractivity contribution is 7.09. The number of anilines is 1. The van der Waals surface area contributed by atoms with E-state index in [1.54, 1.807) is 28.5 Å². The molecule has 0 bridgehead atoms. The quantitative estimate of drug-likeness (QED) is 0.402. The summed E-state index contributed by atoms with van der Waals surface area (Å²) in [5.74, 6) is -0.317. The molecule has 1 aromatic heterocycles. The van der Waals surface area contributed by atoms with Crippen molar-refractivity contribution in [3.05, 3.63) is 81.6 Å². The summed E-state index contributed by atoms with van der Waals surface area (Å²) in [5, 5.41) is 2.65. The second-order valence-electron chi connectivity index (χ2n) is 9.86. The first-order valence-corrected chi connectivity index (χ1v) is 13.7. The van der Waals surface area contributed by atoms with E-state index in [9.17, 15) is 27.2 Å². The number of amides is 2. The monoisotopic (exact) mass is 560 g/mol. The van der Waals surface area contributed by atoms with Crippen LogP contribution in [0.4, 0.5) is 23.2 Å². The van der Waals surface area contributed by atoms with Gasteiger partial charge in [-0.3, -0.25) is 9.59 Å². The lowest BCUT2D eigenvalue weighted by Gasteiger charge is -2.36. The fourth-order valence-corrected chi connectivity index (χ4v) is 6.01. The number of nitrogens with zero attached hydrogens (tertiary/aromatic N) is 4. The highest BCUT2D eigenvalue weighted by Gasteiger charge is 2.32. The van der Waals surface area contributed by atoms with E-state index in [0.29, 0.717) is 50.6 Å². The second-order valence-corrected chi connectivity index (χ2v) is 10.7. The third kappa shape index (κ3) is 6.41. The van der Waals surface area contributed by atoms with Crippen LogP contribution in [0, 0.1) is 5.82 Å². The van der Waals surface area contributed by atoms with E-state index < -0.39 is 11.7 Å². The number of aromatic nitrogens is 1. The molecule has 2 aliphatic rings. The average Bonchev–Trinajstić information content (AvgIpc) is 3.44. The topological polar surface area (TPSA) is 56.8 Å². The Morgan fingerprint density at radius 3 is 2.28 bits per heavy atom. The van der Waals surface area contributed by atoms with Crippen LogP contribution in [-0.4, -0.2) is 65.9 Å². The number of piperazine rings is 1. The van der Waals surface area contributed by atoms with Gasteiger partial charge in [0.25, 0.3) is 5.91 Å². The molecule has 5 rings (SSSR count). The van der Waals surface area contributed by atoms with Gasteiger partial charge in [-0.15, -0.1) is 11.3 Å². The third-order valence-corrected chi connectivity index (χ3v) is 8.32. The van der Waals surface area contributed by atoms with Crippen LogP contribution in [0.2, 0.25) is 0 Å². The Bertz CT molecular complexity index is 1310. The summed E-state index contributed by atoms with van der Waals surface area (Å²) in [4.78, 5) is 35.7.